The molecule has 0 radical (unpaired) electrons. The maximum absolute atomic E-state index is 12.3. The van der Waals surface area contributed by atoms with Crippen LogP contribution in [0.3, 0.4) is 0 Å². The number of ether oxygens (including phenoxy) is 1. The SMILES string of the molecule is CC(=O)c1cccc(OC(C)C(=O)NC(C)(CN)C2CC2)c1. The van der Waals surface area contributed by atoms with Gasteiger partial charge in [-0.15, -0.1) is 0 Å². The van der Waals surface area contributed by atoms with E-state index in [-0.39, 0.29) is 17.2 Å². The largest absolute Gasteiger partial charge is 0.481 e. The first kappa shape index (κ1) is 16.5. The number of carbonyl (C=O) groups excluding carboxylic acids is 2. The van der Waals surface area contributed by atoms with Gasteiger partial charge in [-0.1, -0.05) is 12.1 Å². The summed E-state index contributed by atoms with van der Waals surface area (Å²) in [5.41, 5.74) is 6.01. The second-order valence-electron chi connectivity index (χ2n) is 6.23. The van der Waals surface area contributed by atoms with E-state index in [1.54, 1.807) is 31.2 Å². The Morgan fingerprint density at radius 2 is 2.14 bits per heavy atom. The molecule has 5 heteroatoms. The van der Waals surface area contributed by atoms with Crippen LogP contribution in [0.4, 0.5) is 0 Å². The molecule has 1 aliphatic carbocycles. The molecule has 22 heavy (non-hydrogen) atoms. The van der Waals surface area contributed by atoms with Gasteiger partial charge in [-0.25, -0.2) is 0 Å². The number of nitrogens with one attached hydrogen (secondary N) is 1. The van der Waals surface area contributed by atoms with Crippen LogP contribution in [0.2, 0.25) is 0 Å². The standard InChI is InChI=1S/C17H24N2O3/c1-11(20)13-5-4-6-15(9-13)22-12(2)16(21)19-17(3,10-18)14-7-8-14/h4-6,9,12,14H,7-8,10,18H2,1-3H3,(H,19,21). The van der Waals surface area contributed by atoms with Gasteiger partial charge in [0.2, 0.25) is 0 Å². The minimum absolute atomic E-state index is 0.0352. The van der Waals surface area contributed by atoms with Crippen LogP contribution in [0.25, 0.3) is 0 Å². The Hall–Kier alpha value is -1.88. The number of Topliss-reactive ketones (excluding diaryl/α,β-unsaturated/α-hetero) is 1. The Labute approximate surface area is 131 Å². The lowest BCUT2D eigenvalue weighted by Gasteiger charge is -2.31. The molecule has 1 aliphatic rings. The van der Waals surface area contributed by atoms with Crippen molar-refractivity contribution in [2.45, 2.75) is 45.3 Å². The fourth-order valence-corrected chi connectivity index (χ4v) is 2.47. The predicted molar refractivity (Wildman–Crippen MR) is 84.9 cm³/mol. The molecule has 0 aliphatic heterocycles. The molecule has 5 nitrogen and oxygen atoms in total. The average Bonchev–Trinajstić information content (AvgIpc) is 3.32. The average molecular weight is 304 g/mol. The molecule has 3 N–H and O–H groups in total. The van der Waals surface area contributed by atoms with E-state index in [1.807, 2.05) is 6.92 Å². The van der Waals surface area contributed by atoms with Gasteiger partial charge in [-0.3, -0.25) is 9.59 Å². The normalized spacial score (nSPS) is 18.2. The van der Waals surface area contributed by atoms with E-state index in [1.165, 1.54) is 6.92 Å². The molecule has 2 unspecified atom stereocenters. The molecule has 120 valence electrons. The Bertz CT molecular complexity index is 569. The number of benzene rings is 1. The Kier molecular flexibility index (Phi) is 4.86. The molecular weight excluding hydrogens is 280 g/mol. The summed E-state index contributed by atoms with van der Waals surface area (Å²) in [6.07, 6.45) is 1.56. The minimum atomic E-state index is -0.646. The van der Waals surface area contributed by atoms with Crippen LogP contribution in [-0.2, 0) is 4.79 Å². The van der Waals surface area contributed by atoms with Crippen LogP contribution in [0, 0.1) is 5.92 Å². The van der Waals surface area contributed by atoms with Gasteiger partial charge in [-0.05, 0) is 51.7 Å². The van der Waals surface area contributed by atoms with Gasteiger partial charge in [-0.2, -0.15) is 0 Å². The summed E-state index contributed by atoms with van der Waals surface area (Å²) in [5.74, 6) is 0.742. The van der Waals surface area contributed by atoms with Crippen LogP contribution >= 0.6 is 0 Å². The highest BCUT2D eigenvalue weighted by Gasteiger charge is 2.42. The summed E-state index contributed by atoms with van der Waals surface area (Å²) >= 11 is 0. The summed E-state index contributed by atoms with van der Waals surface area (Å²) in [6, 6.07) is 6.85. The lowest BCUT2D eigenvalue weighted by Crippen LogP contribution is -2.56. The minimum Gasteiger partial charge on any atom is -0.481 e. The van der Waals surface area contributed by atoms with Gasteiger partial charge in [0.1, 0.15) is 5.75 Å². The van der Waals surface area contributed by atoms with Crippen molar-refractivity contribution in [2.75, 3.05) is 6.54 Å². The van der Waals surface area contributed by atoms with Crippen molar-refractivity contribution in [3.05, 3.63) is 29.8 Å². The highest BCUT2D eigenvalue weighted by atomic mass is 16.5. The molecule has 1 amide bonds. The molecule has 0 aromatic heterocycles. The first-order valence-electron chi connectivity index (χ1n) is 7.65. The van der Waals surface area contributed by atoms with Crippen molar-refractivity contribution in [2.24, 2.45) is 11.7 Å². The maximum atomic E-state index is 12.3. The van der Waals surface area contributed by atoms with Gasteiger partial charge < -0.3 is 15.8 Å². The van der Waals surface area contributed by atoms with Crippen LogP contribution in [0.15, 0.2) is 24.3 Å². The van der Waals surface area contributed by atoms with Crippen LogP contribution in [0.1, 0.15) is 44.0 Å². The number of rotatable bonds is 7. The first-order chi connectivity index (χ1) is 10.4. The molecule has 2 rings (SSSR count). The van der Waals surface area contributed by atoms with E-state index in [2.05, 4.69) is 5.32 Å². The number of hydrogen-bond acceptors (Lipinski definition) is 4. The van der Waals surface area contributed by atoms with Gasteiger partial charge >= 0.3 is 0 Å². The van der Waals surface area contributed by atoms with Gasteiger partial charge in [0.15, 0.2) is 11.9 Å². The van der Waals surface area contributed by atoms with Gasteiger partial charge in [0.25, 0.3) is 5.91 Å². The quantitative estimate of drug-likeness (QED) is 0.754. The Morgan fingerprint density at radius 1 is 1.45 bits per heavy atom. The third-order valence-corrected chi connectivity index (χ3v) is 4.23. The second-order valence-corrected chi connectivity index (χ2v) is 6.23. The van der Waals surface area contributed by atoms with Crippen LogP contribution in [-0.4, -0.2) is 29.9 Å². The van der Waals surface area contributed by atoms with Crippen molar-refractivity contribution in [3.8, 4) is 5.75 Å². The third kappa shape index (κ3) is 3.85. The molecule has 0 bridgehead atoms. The van der Waals surface area contributed by atoms with E-state index in [9.17, 15) is 9.59 Å². The van der Waals surface area contributed by atoms with E-state index in [4.69, 9.17) is 10.5 Å². The lowest BCUT2D eigenvalue weighted by molar-refractivity contribution is -0.129. The van der Waals surface area contributed by atoms with E-state index in [0.717, 1.165) is 12.8 Å². The lowest BCUT2D eigenvalue weighted by atomic mass is 9.95. The zero-order valence-electron chi connectivity index (χ0n) is 13.4. The fourth-order valence-electron chi connectivity index (χ4n) is 2.47. The van der Waals surface area contributed by atoms with Crippen molar-refractivity contribution < 1.29 is 14.3 Å². The molecule has 0 saturated heterocycles. The molecule has 1 fully saturated rings. The molecule has 0 spiro atoms. The maximum Gasteiger partial charge on any atom is 0.261 e. The van der Waals surface area contributed by atoms with Crippen molar-refractivity contribution in [1.29, 1.82) is 0 Å². The Balaban J connectivity index is 1.99. The number of nitrogens with two attached hydrogens (primary N) is 1. The Morgan fingerprint density at radius 3 is 2.68 bits per heavy atom. The molecular formula is C17H24N2O3. The fraction of sp³-hybridized carbons (Fsp3) is 0.529. The highest BCUT2D eigenvalue weighted by molar-refractivity contribution is 5.94. The molecule has 0 heterocycles. The highest BCUT2D eigenvalue weighted by Crippen LogP contribution is 2.39. The molecule has 1 saturated carbocycles. The summed E-state index contributed by atoms with van der Waals surface area (Å²) < 4.78 is 5.65. The van der Waals surface area contributed by atoms with Crippen molar-refractivity contribution >= 4 is 11.7 Å². The summed E-state index contributed by atoms with van der Waals surface area (Å²) in [6.45, 7) is 5.58. The first-order valence-corrected chi connectivity index (χ1v) is 7.65. The monoisotopic (exact) mass is 304 g/mol. The molecule has 2 atom stereocenters. The molecule has 1 aromatic carbocycles. The van der Waals surface area contributed by atoms with Crippen molar-refractivity contribution in [1.82, 2.24) is 5.32 Å². The summed E-state index contributed by atoms with van der Waals surface area (Å²) in [5, 5.41) is 3.01. The smallest absolute Gasteiger partial charge is 0.261 e. The third-order valence-electron chi connectivity index (χ3n) is 4.23. The van der Waals surface area contributed by atoms with Crippen molar-refractivity contribution in [3.63, 3.8) is 0 Å². The van der Waals surface area contributed by atoms with Gasteiger partial charge in [0, 0.05) is 12.1 Å². The summed E-state index contributed by atoms with van der Waals surface area (Å²) in [4.78, 5) is 23.7. The van der Waals surface area contributed by atoms with Crippen LogP contribution < -0.4 is 15.8 Å². The van der Waals surface area contributed by atoms with E-state index in [0.29, 0.717) is 23.8 Å². The van der Waals surface area contributed by atoms with E-state index >= 15 is 0 Å². The number of hydrogen-bond donors (Lipinski definition) is 2. The predicted octanol–water partition coefficient (Wildman–Crippen LogP) is 1.90. The van der Waals surface area contributed by atoms with Crippen LogP contribution in [0.5, 0.6) is 5.75 Å². The number of amides is 1. The zero-order valence-corrected chi connectivity index (χ0v) is 13.4. The number of carbonyl (C=O) groups is 2. The molecule has 1 aromatic rings. The number of ketones is 1. The van der Waals surface area contributed by atoms with Gasteiger partial charge in [0.05, 0.1) is 5.54 Å². The topological polar surface area (TPSA) is 81.4 Å². The van der Waals surface area contributed by atoms with E-state index < -0.39 is 6.10 Å². The summed E-state index contributed by atoms with van der Waals surface area (Å²) in [7, 11) is 0. The second kappa shape index (κ2) is 6.48. The zero-order chi connectivity index (χ0) is 16.3.